The Bertz CT molecular complexity index is 276. The van der Waals surface area contributed by atoms with Gasteiger partial charge in [-0.2, -0.15) is 11.8 Å². The number of hydrogen-bond acceptors (Lipinski definition) is 4. The molecule has 0 spiro atoms. The summed E-state index contributed by atoms with van der Waals surface area (Å²) in [5.74, 6) is 1.28. The largest absolute Gasteiger partial charge is 0.388 e. The topological polar surface area (TPSA) is 75.4 Å². The summed E-state index contributed by atoms with van der Waals surface area (Å²) >= 11 is 1.68. The zero-order valence-corrected chi connectivity index (χ0v) is 12.3. The van der Waals surface area contributed by atoms with Gasteiger partial charge in [-0.15, -0.1) is 0 Å². The van der Waals surface area contributed by atoms with Crippen LogP contribution in [0.2, 0.25) is 0 Å². The second kappa shape index (κ2) is 7.36. The SMILES string of the molecule is CSCC[C@@H](N)C(=O)NCC1(O)CCCC(C)C1. The zero-order chi connectivity index (χ0) is 13.6. The molecule has 0 aromatic heterocycles. The summed E-state index contributed by atoms with van der Waals surface area (Å²) in [6.07, 6.45) is 6.43. The molecule has 18 heavy (non-hydrogen) atoms. The van der Waals surface area contributed by atoms with Crippen LogP contribution in [0.4, 0.5) is 0 Å². The fraction of sp³-hybridized carbons (Fsp3) is 0.923. The molecule has 0 radical (unpaired) electrons. The van der Waals surface area contributed by atoms with Gasteiger partial charge >= 0.3 is 0 Å². The Morgan fingerprint density at radius 2 is 2.39 bits per heavy atom. The quantitative estimate of drug-likeness (QED) is 0.678. The number of nitrogens with one attached hydrogen (secondary N) is 1. The molecule has 0 aromatic carbocycles. The third-order valence-electron chi connectivity index (χ3n) is 3.63. The molecule has 1 aliphatic rings. The third-order valence-corrected chi connectivity index (χ3v) is 4.27. The molecule has 4 nitrogen and oxygen atoms in total. The molecule has 5 heteroatoms. The van der Waals surface area contributed by atoms with E-state index in [0.717, 1.165) is 25.0 Å². The van der Waals surface area contributed by atoms with Crippen LogP contribution in [0.5, 0.6) is 0 Å². The van der Waals surface area contributed by atoms with Crippen molar-refractivity contribution in [3.8, 4) is 0 Å². The van der Waals surface area contributed by atoms with E-state index in [2.05, 4.69) is 12.2 Å². The Labute approximate surface area is 114 Å². The Morgan fingerprint density at radius 3 is 3.00 bits per heavy atom. The maximum absolute atomic E-state index is 11.8. The summed E-state index contributed by atoms with van der Waals surface area (Å²) in [7, 11) is 0. The number of aliphatic hydroxyl groups is 1. The summed E-state index contributed by atoms with van der Waals surface area (Å²) in [5, 5.41) is 13.2. The summed E-state index contributed by atoms with van der Waals surface area (Å²) in [4.78, 5) is 11.8. The van der Waals surface area contributed by atoms with Crippen LogP contribution in [0.25, 0.3) is 0 Å². The van der Waals surface area contributed by atoms with Gasteiger partial charge in [-0.25, -0.2) is 0 Å². The van der Waals surface area contributed by atoms with Gasteiger partial charge in [0.2, 0.25) is 5.91 Å². The minimum atomic E-state index is -0.730. The highest BCUT2D eigenvalue weighted by Gasteiger charge is 2.33. The van der Waals surface area contributed by atoms with Crippen LogP contribution in [0.1, 0.15) is 39.0 Å². The lowest BCUT2D eigenvalue weighted by Crippen LogP contribution is -2.50. The summed E-state index contributed by atoms with van der Waals surface area (Å²) in [6, 6.07) is -0.456. The van der Waals surface area contributed by atoms with Crippen LogP contribution in [0.3, 0.4) is 0 Å². The zero-order valence-electron chi connectivity index (χ0n) is 11.4. The monoisotopic (exact) mass is 274 g/mol. The van der Waals surface area contributed by atoms with Gasteiger partial charge in [0, 0.05) is 6.54 Å². The van der Waals surface area contributed by atoms with Crippen LogP contribution < -0.4 is 11.1 Å². The number of nitrogens with two attached hydrogens (primary N) is 1. The van der Waals surface area contributed by atoms with E-state index in [9.17, 15) is 9.90 Å². The van der Waals surface area contributed by atoms with Crippen molar-refractivity contribution in [3.63, 3.8) is 0 Å². The number of hydrogen-bond donors (Lipinski definition) is 3. The van der Waals surface area contributed by atoms with Crippen LogP contribution in [-0.4, -0.2) is 41.2 Å². The Morgan fingerprint density at radius 1 is 1.67 bits per heavy atom. The summed E-state index contributed by atoms with van der Waals surface area (Å²) in [5.41, 5.74) is 5.05. The molecule has 0 aromatic rings. The molecule has 3 atom stereocenters. The molecule has 1 amide bonds. The number of carbonyl (C=O) groups is 1. The average molecular weight is 274 g/mol. The normalized spacial score (nSPS) is 29.9. The smallest absolute Gasteiger partial charge is 0.237 e. The van der Waals surface area contributed by atoms with Gasteiger partial charge in [0.05, 0.1) is 11.6 Å². The Hall–Kier alpha value is -0.260. The summed E-state index contributed by atoms with van der Waals surface area (Å²) < 4.78 is 0. The first-order valence-electron chi connectivity index (χ1n) is 6.71. The van der Waals surface area contributed by atoms with E-state index < -0.39 is 11.6 Å². The van der Waals surface area contributed by atoms with Gasteiger partial charge in [-0.05, 0) is 37.2 Å². The third kappa shape index (κ3) is 5.16. The highest BCUT2D eigenvalue weighted by atomic mass is 32.2. The van der Waals surface area contributed by atoms with Crippen molar-refractivity contribution in [1.29, 1.82) is 0 Å². The standard InChI is InChI=1S/C13H26N2O2S/c1-10-4-3-6-13(17,8-10)9-15-12(16)11(14)5-7-18-2/h10-11,17H,3-9,14H2,1-2H3,(H,15,16)/t10?,11-,13?/m1/s1. The molecule has 0 saturated heterocycles. The van der Waals surface area contributed by atoms with Crippen molar-refractivity contribution in [3.05, 3.63) is 0 Å². The van der Waals surface area contributed by atoms with Gasteiger partial charge in [0.25, 0.3) is 0 Å². The predicted molar refractivity (Wildman–Crippen MR) is 76.6 cm³/mol. The number of carbonyl (C=O) groups excluding carboxylic acids is 1. The van der Waals surface area contributed by atoms with Gasteiger partial charge in [-0.1, -0.05) is 19.8 Å². The van der Waals surface area contributed by atoms with Crippen molar-refractivity contribution >= 4 is 17.7 Å². The minimum absolute atomic E-state index is 0.143. The van der Waals surface area contributed by atoms with Crippen molar-refractivity contribution < 1.29 is 9.90 Å². The average Bonchev–Trinajstić information content (AvgIpc) is 2.32. The van der Waals surface area contributed by atoms with Crippen molar-refractivity contribution in [2.24, 2.45) is 11.7 Å². The highest BCUT2D eigenvalue weighted by Crippen LogP contribution is 2.31. The van der Waals surface area contributed by atoms with Gasteiger partial charge < -0.3 is 16.2 Å². The van der Waals surface area contributed by atoms with Crippen LogP contribution in [0, 0.1) is 5.92 Å². The van der Waals surface area contributed by atoms with Crippen LogP contribution in [0.15, 0.2) is 0 Å². The first kappa shape index (κ1) is 15.8. The molecule has 2 unspecified atom stereocenters. The van der Waals surface area contributed by atoms with E-state index in [0.29, 0.717) is 18.9 Å². The maximum Gasteiger partial charge on any atom is 0.237 e. The first-order chi connectivity index (χ1) is 8.47. The van der Waals surface area contributed by atoms with E-state index in [1.54, 1.807) is 11.8 Å². The molecule has 0 heterocycles. The summed E-state index contributed by atoms with van der Waals surface area (Å²) in [6.45, 7) is 2.49. The molecule has 106 valence electrons. The molecule has 1 rings (SSSR count). The van der Waals surface area contributed by atoms with Crippen molar-refractivity contribution in [1.82, 2.24) is 5.32 Å². The molecule has 1 saturated carbocycles. The maximum atomic E-state index is 11.8. The van der Waals surface area contributed by atoms with Gasteiger partial charge in [-0.3, -0.25) is 4.79 Å². The molecule has 0 bridgehead atoms. The number of amides is 1. The molecular weight excluding hydrogens is 248 g/mol. The van der Waals surface area contributed by atoms with E-state index in [4.69, 9.17) is 5.73 Å². The fourth-order valence-corrected chi connectivity index (χ4v) is 3.04. The van der Waals surface area contributed by atoms with Gasteiger partial charge in [0.15, 0.2) is 0 Å². The second-order valence-corrected chi connectivity index (χ2v) is 6.52. The molecule has 4 N–H and O–H groups in total. The molecular formula is C13H26N2O2S. The minimum Gasteiger partial charge on any atom is -0.388 e. The lowest BCUT2D eigenvalue weighted by molar-refractivity contribution is -0.124. The Kier molecular flexibility index (Phi) is 6.46. The van der Waals surface area contributed by atoms with Crippen LogP contribution >= 0.6 is 11.8 Å². The second-order valence-electron chi connectivity index (χ2n) is 5.53. The van der Waals surface area contributed by atoms with Gasteiger partial charge in [0.1, 0.15) is 0 Å². The fourth-order valence-electron chi connectivity index (χ4n) is 2.55. The van der Waals surface area contributed by atoms with Crippen LogP contribution in [-0.2, 0) is 4.79 Å². The van der Waals surface area contributed by atoms with E-state index >= 15 is 0 Å². The molecule has 1 aliphatic carbocycles. The van der Waals surface area contributed by atoms with E-state index in [1.807, 2.05) is 6.26 Å². The molecule has 0 aliphatic heterocycles. The highest BCUT2D eigenvalue weighted by molar-refractivity contribution is 7.98. The van der Waals surface area contributed by atoms with Crippen molar-refractivity contribution in [2.45, 2.75) is 50.7 Å². The number of thioether (sulfide) groups is 1. The van der Waals surface area contributed by atoms with E-state index in [1.165, 1.54) is 6.42 Å². The Balaban J connectivity index is 2.32. The first-order valence-corrected chi connectivity index (χ1v) is 8.11. The van der Waals surface area contributed by atoms with E-state index in [-0.39, 0.29) is 5.91 Å². The molecule has 1 fully saturated rings. The predicted octanol–water partition coefficient (Wildman–Crippen LogP) is 1.12. The lowest BCUT2D eigenvalue weighted by Gasteiger charge is -2.35. The van der Waals surface area contributed by atoms with Crippen molar-refractivity contribution in [2.75, 3.05) is 18.6 Å². The lowest BCUT2D eigenvalue weighted by atomic mass is 9.79. The number of rotatable bonds is 6.